The van der Waals surface area contributed by atoms with Gasteiger partial charge < -0.3 is 26.2 Å². The van der Waals surface area contributed by atoms with Crippen LogP contribution in [-0.4, -0.2) is 102 Å². The van der Waals surface area contributed by atoms with Gasteiger partial charge in [0.05, 0.1) is 17.3 Å². The van der Waals surface area contributed by atoms with E-state index in [1.54, 1.807) is 0 Å². The van der Waals surface area contributed by atoms with Crippen molar-refractivity contribution in [1.82, 2.24) is 30.5 Å². The third-order valence-electron chi connectivity index (χ3n) is 10.2. The number of likely N-dealkylation sites (tertiary alicyclic amines) is 1. The summed E-state index contributed by atoms with van der Waals surface area (Å²) in [6.07, 6.45) is 9.90. The number of sulfonamides is 1. The van der Waals surface area contributed by atoms with E-state index in [4.69, 9.17) is 0 Å². The van der Waals surface area contributed by atoms with E-state index >= 15 is 0 Å². The zero-order valence-electron chi connectivity index (χ0n) is 30.3. The normalized spacial score (nSPS) is 22.2. The van der Waals surface area contributed by atoms with Crippen LogP contribution in [0.5, 0.6) is 0 Å². The molecule has 4 fully saturated rings. The average Bonchev–Trinajstić information content (AvgIpc) is 3.97. The van der Waals surface area contributed by atoms with E-state index in [0.29, 0.717) is 64.6 Å². The summed E-state index contributed by atoms with van der Waals surface area (Å²) >= 11 is 0. The van der Waals surface area contributed by atoms with Crippen LogP contribution in [0, 0.1) is 11.3 Å². The summed E-state index contributed by atoms with van der Waals surface area (Å²) in [5.74, 6) is -2.14. The number of urea groups is 1. The first-order chi connectivity index (χ1) is 23.1. The minimum Gasteiger partial charge on any atom is -0.347 e. The van der Waals surface area contributed by atoms with Crippen molar-refractivity contribution in [3.05, 3.63) is 0 Å². The van der Waals surface area contributed by atoms with E-state index in [9.17, 15) is 32.4 Å². The molecule has 3 saturated carbocycles. The Bertz CT molecular complexity index is 1310. The van der Waals surface area contributed by atoms with E-state index in [1.165, 1.54) is 9.21 Å². The van der Waals surface area contributed by atoms with Crippen molar-refractivity contribution in [3.63, 3.8) is 0 Å². The lowest BCUT2D eigenvalue weighted by Gasteiger charge is -2.40. The summed E-state index contributed by atoms with van der Waals surface area (Å²) in [6, 6.07) is -3.40. The van der Waals surface area contributed by atoms with Crippen molar-refractivity contribution in [1.29, 1.82) is 0 Å². The maximum absolute atomic E-state index is 14.2. The summed E-state index contributed by atoms with van der Waals surface area (Å²) in [5, 5.41) is 11.4. The van der Waals surface area contributed by atoms with E-state index in [1.807, 2.05) is 34.6 Å². The number of nitrogens with zero attached hydrogens (tertiary/aromatic N) is 2. The summed E-state index contributed by atoms with van der Waals surface area (Å²) in [4.78, 5) is 68.7. The largest absolute Gasteiger partial charge is 0.347 e. The number of carbonyl (C=O) groups is 5. The van der Waals surface area contributed by atoms with Crippen LogP contribution in [-0.2, 0) is 29.2 Å². The molecule has 1 heterocycles. The van der Waals surface area contributed by atoms with Gasteiger partial charge in [-0.05, 0) is 69.1 Å². The third-order valence-corrected chi connectivity index (χ3v) is 12.3. The van der Waals surface area contributed by atoms with Crippen molar-refractivity contribution in [2.75, 3.05) is 25.4 Å². The van der Waals surface area contributed by atoms with Gasteiger partial charge in [0, 0.05) is 25.7 Å². The molecule has 0 aromatic rings. The summed E-state index contributed by atoms with van der Waals surface area (Å²) < 4.78 is 28.7. The van der Waals surface area contributed by atoms with Gasteiger partial charge in [-0.3, -0.25) is 19.2 Å². The monoisotopic (exact) mass is 708 g/mol. The second kappa shape index (κ2) is 16.5. The van der Waals surface area contributed by atoms with E-state index < -0.39 is 68.6 Å². The van der Waals surface area contributed by atoms with Gasteiger partial charge in [-0.2, -0.15) is 0 Å². The molecule has 4 rings (SSSR count). The molecule has 14 heteroatoms. The number of amides is 5. The van der Waals surface area contributed by atoms with Crippen LogP contribution in [0.3, 0.4) is 0 Å². The number of carbonyl (C=O) groups excluding carboxylic acids is 5. The molecule has 0 bridgehead atoms. The minimum absolute atomic E-state index is 0.0184. The molecule has 4 aliphatic rings. The van der Waals surface area contributed by atoms with Crippen LogP contribution in [0.4, 0.5) is 4.79 Å². The molecule has 4 N–H and O–H groups in total. The standard InChI is InChI=1S/C35H60N6O7S/c1-6-19-40(20-7-2)49(47,48)23-35(17-9-8-10-18-35)39-33(46)38-29(34(3,4)5)32(45)41-21-11-12-27(41)30(43)37-26(22-24-13-14-24)28(42)31(44)36-25-15-16-25/h24-27,29H,6-23H2,1-5H3,(H,36,44)(H,37,43)(H2,38,39,46)/t26-,27-,29+/m0/s1. The lowest BCUT2D eigenvalue weighted by atomic mass is 9.83. The number of Topliss-reactive ketones (excluding diaryl/α,β-unsaturated/α-hetero) is 1. The van der Waals surface area contributed by atoms with Crippen LogP contribution >= 0.6 is 0 Å². The molecule has 0 spiro atoms. The average molecular weight is 709 g/mol. The van der Waals surface area contributed by atoms with Crippen molar-refractivity contribution in [3.8, 4) is 0 Å². The Hall–Kier alpha value is -2.74. The Morgan fingerprint density at radius 3 is 2.06 bits per heavy atom. The molecule has 0 radical (unpaired) electrons. The highest BCUT2D eigenvalue weighted by molar-refractivity contribution is 7.89. The number of hydrogen-bond donors (Lipinski definition) is 4. The number of rotatable bonds is 17. The van der Waals surface area contributed by atoms with Gasteiger partial charge in [0.25, 0.3) is 5.91 Å². The first-order valence-electron chi connectivity index (χ1n) is 18.6. The van der Waals surface area contributed by atoms with Gasteiger partial charge in [-0.1, -0.05) is 66.7 Å². The van der Waals surface area contributed by atoms with Crippen LogP contribution < -0.4 is 21.3 Å². The van der Waals surface area contributed by atoms with Crippen LogP contribution in [0.15, 0.2) is 0 Å². The second-order valence-corrected chi connectivity index (χ2v) is 17.9. The maximum atomic E-state index is 14.2. The van der Waals surface area contributed by atoms with Gasteiger partial charge >= 0.3 is 6.03 Å². The predicted octanol–water partition coefficient (Wildman–Crippen LogP) is 2.98. The van der Waals surface area contributed by atoms with Crippen molar-refractivity contribution in [2.24, 2.45) is 11.3 Å². The quantitative estimate of drug-likeness (QED) is 0.168. The second-order valence-electron chi connectivity index (χ2n) is 15.9. The number of ketones is 1. The molecule has 278 valence electrons. The molecule has 1 saturated heterocycles. The lowest BCUT2D eigenvalue weighted by Crippen LogP contribution is -2.63. The topological polar surface area (TPSA) is 174 Å². The molecule has 13 nitrogen and oxygen atoms in total. The molecule has 1 aliphatic heterocycles. The zero-order chi connectivity index (χ0) is 36.0. The van der Waals surface area contributed by atoms with Crippen molar-refractivity contribution in [2.45, 2.75) is 154 Å². The predicted molar refractivity (Wildman–Crippen MR) is 187 cm³/mol. The highest BCUT2D eigenvalue weighted by Gasteiger charge is 2.45. The highest BCUT2D eigenvalue weighted by Crippen LogP contribution is 2.34. The van der Waals surface area contributed by atoms with Crippen molar-refractivity contribution < 1.29 is 32.4 Å². The number of nitrogens with one attached hydrogen (secondary N) is 4. The van der Waals surface area contributed by atoms with Gasteiger partial charge in [0.15, 0.2) is 0 Å². The van der Waals surface area contributed by atoms with E-state index in [-0.39, 0.29) is 17.7 Å². The molecule has 5 amide bonds. The smallest absolute Gasteiger partial charge is 0.315 e. The summed E-state index contributed by atoms with van der Waals surface area (Å²) in [6.45, 7) is 10.5. The Labute approximate surface area is 292 Å². The zero-order valence-corrected chi connectivity index (χ0v) is 31.1. The molecule has 0 unspecified atom stereocenters. The molecule has 49 heavy (non-hydrogen) atoms. The fraction of sp³-hybridized carbons (Fsp3) is 0.857. The fourth-order valence-electron chi connectivity index (χ4n) is 7.22. The Kier molecular flexibility index (Phi) is 13.2. The Morgan fingerprint density at radius 2 is 1.51 bits per heavy atom. The first kappa shape index (κ1) is 39.1. The maximum Gasteiger partial charge on any atom is 0.315 e. The Morgan fingerprint density at radius 1 is 0.878 bits per heavy atom. The SMILES string of the molecule is CCCN(CCC)S(=O)(=O)CC1(NC(=O)N[C@H](C(=O)N2CCC[C@H]2C(=O)N[C@@H](CC2CC2)C(=O)C(=O)NC2CC2)C(C)(C)C)CCCCC1. The summed E-state index contributed by atoms with van der Waals surface area (Å²) in [7, 11) is -3.66. The van der Waals surface area contributed by atoms with Gasteiger partial charge in [0.1, 0.15) is 12.1 Å². The molecular formula is C35H60N6O7S. The molecule has 0 aromatic heterocycles. The molecular weight excluding hydrogens is 648 g/mol. The van der Waals surface area contributed by atoms with Crippen molar-refractivity contribution >= 4 is 39.6 Å². The molecule has 3 atom stereocenters. The van der Waals surface area contributed by atoms with Crippen LogP contribution in [0.1, 0.15) is 125 Å². The fourth-order valence-corrected chi connectivity index (χ4v) is 9.38. The van der Waals surface area contributed by atoms with Gasteiger partial charge in [0.2, 0.25) is 27.6 Å². The highest BCUT2D eigenvalue weighted by atomic mass is 32.2. The minimum atomic E-state index is -3.66. The summed E-state index contributed by atoms with van der Waals surface area (Å²) in [5.41, 5.74) is -1.70. The third kappa shape index (κ3) is 10.9. The van der Waals surface area contributed by atoms with Crippen LogP contribution in [0.2, 0.25) is 0 Å². The van der Waals surface area contributed by atoms with E-state index in [2.05, 4.69) is 21.3 Å². The van der Waals surface area contributed by atoms with E-state index in [0.717, 1.165) is 44.9 Å². The van der Waals surface area contributed by atoms with Gasteiger partial charge in [-0.15, -0.1) is 0 Å². The Balaban J connectivity index is 1.46. The first-order valence-corrected chi connectivity index (χ1v) is 20.2. The lowest BCUT2D eigenvalue weighted by molar-refractivity contribution is -0.144. The number of hydrogen-bond acceptors (Lipinski definition) is 7. The van der Waals surface area contributed by atoms with Gasteiger partial charge in [-0.25, -0.2) is 17.5 Å². The molecule has 0 aromatic carbocycles. The molecule has 3 aliphatic carbocycles. The van der Waals surface area contributed by atoms with Crippen LogP contribution in [0.25, 0.3) is 0 Å².